The molecule has 0 spiro atoms. The highest BCUT2D eigenvalue weighted by molar-refractivity contribution is 5.76. The maximum atomic E-state index is 13.4. The van der Waals surface area contributed by atoms with Crippen LogP contribution in [0.3, 0.4) is 0 Å². The minimum Gasteiger partial charge on any atom is -0.368 e. The van der Waals surface area contributed by atoms with Gasteiger partial charge in [-0.1, -0.05) is 0 Å². The second kappa shape index (κ2) is 6.58. The van der Waals surface area contributed by atoms with Crippen molar-refractivity contribution in [1.82, 2.24) is 24.5 Å². The molecule has 0 aromatic carbocycles. The lowest BCUT2D eigenvalue weighted by molar-refractivity contribution is -0.173. The van der Waals surface area contributed by atoms with Crippen LogP contribution in [0.25, 0.3) is 0 Å². The number of aromatic nitrogens is 4. The van der Waals surface area contributed by atoms with E-state index in [1.807, 2.05) is 0 Å². The van der Waals surface area contributed by atoms with Crippen molar-refractivity contribution in [2.24, 2.45) is 0 Å². The van der Waals surface area contributed by atoms with E-state index in [1.54, 1.807) is 41.0 Å². The van der Waals surface area contributed by atoms with Crippen LogP contribution in [0.2, 0.25) is 0 Å². The third-order valence-corrected chi connectivity index (χ3v) is 5.17. The van der Waals surface area contributed by atoms with E-state index in [0.717, 1.165) is 11.1 Å². The van der Waals surface area contributed by atoms with Crippen LogP contribution >= 0.6 is 0 Å². The van der Waals surface area contributed by atoms with Crippen molar-refractivity contribution in [3.05, 3.63) is 30.2 Å². The monoisotopic (exact) mass is 382 g/mol. The minimum absolute atomic E-state index is 0.0652. The van der Waals surface area contributed by atoms with Gasteiger partial charge in [0.1, 0.15) is 12.4 Å². The predicted octanol–water partition coefficient (Wildman–Crippen LogP) is 2.75. The Labute approximate surface area is 154 Å². The number of nitrogens with zero attached hydrogens (tertiary/aromatic N) is 5. The lowest BCUT2D eigenvalue weighted by Gasteiger charge is -2.31. The van der Waals surface area contributed by atoms with Crippen molar-refractivity contribution in [2.75, 3.05) is 11.9 Å². The molecule has 10 heteroatoms. The van der Waals surface area contributed by atoms with Gasteiger partial charge in [0, 0.05) is 31.0 Å². The van der Waals surface area contributed by atoms with Crippen molar-refractivity contribution in [3.8, 4) is 0 Å². The molecule has 146 valence electrons. The summed E-state index contributed by atoms with van der Waals surface area (Å²) < 4.78 is 42.9. The number of amides is 1. The van der Waals surface area contributed by atoms with Gasteiger partial charge < -0.3 is 10.2 Å². The van der Waals surface area contributed by atoms with Gasteiger partial charge in [0.2, 0.25) is 5.91 Å². The first-order valence-electron chi connectivity index (χ1n) is 9.02. The molecule has 0 bridgehead atoms. The molecule has 1 N–H and O–H groups in total. The standard InChI is InChI=1S/C17H21F3N6O/c1-11-8-14(17(18,19)20)26-15(22-11)9-12(23-26)13-4-2-7-25(13)16(27)10-24-6-3-5-21-24/h3,5-6,9,11,13-14,22H,2,4,7-8,10H2,1H3/t11-,13-,14-/m1/s1. The number of carbonyl (C=O) groups excluding carboxylic acids is 1. The first-order chi connectivity index (χ1) is 12.8. The molecule has 7 nitrogen and oxygen atoms in total. The Morgan fingerprint density at radius 3 is 2.93 bits per heavy atom. The summed E-state index contributed by atoms with van der Waals surface area (Å²) in [5.41, 5.74) is 0.507. The van der Waals surface area contributed by atoms with Gasteiger partial charge in [0.15, 0.2) is 6.04 Å². The number of alkyl halides is 3. The van der Waals surface area contributed by atoms with Crippen LogP contribution < -0.4 is 5.32 Å². The van der Waals surface area contributed by atoms with Gasteiger partial charge in [-0.05, 0) is 32.3 Å². The van der Waals surface area contributed by atoms with Gasteiger partial charge in [-0.15, -0.1) is 0 Å². The topological polar surface area (TPSA) is 68.0 Å². The van der Waals surface area contributed by atoms with E-state index in [2.05, 4.69) is 15.5 Å². The molecule has 2 aromatic heterocycles. The summed E-state index contributed by atoms with van der Waals surface area (Å²) in [4.78, 5) is 14.3. The molecule has 0 unspecified atom stereocenters. The van der Waals surface area contributed by atoms with Gasteiger partial charge >= 0.3 is 6.18 Å². The van der Waals surface area contributed by atoms with E-state index >= 15 is 0 Å². The molecule has 2 aliphatic rings. The highest BCUT2D eigenvalue weighted by atomic mass is 19.4. The fourth-order valence-corrected chi connectivity index (χ4v) is 3.94. The summed E-state index contributed by atoms with van der Waals surface area (Å²) in [5, 5.41) is 11.4. The van der Waals surface area contributed by atoms with E-state index in [-0.39, 0.29) is 31.0 Å². The first-order valence-corrected chi connectivity index (χ1v) is 9.02. The Bertz CT molecular complexity index is 815. The molecule has 1 amide bonds. The number of carbonyl (C=O) groups is 1. The van der Waals surface area contributed by atoms with Gasteiger partial charge in [-0.3, -0.25) is 9.48 Å². The van der Waals surface area contributed by atoms with E-state index in [4.69, 9.17) is 0 Å². The van der Waals surface area contributed by atoms with Gasteiger partial charge in [0.25, 0.3) is 0 Å². The summed E-state index contributed by atoms with van der Waals surface area (Å²) in [6.45, 7) is 2.40. The number of hydrogen-bond donors (Lipinski definition) is 1. The summed E-state index contributed by atoms with van der Waals surface area (Å²) in [6, 6.07) is 1.14. The quantitative estimate of drug-likeness (QED) is 0.886. The Morgan fingerprint density at radius 1 is 1.41 bits per heavy atom. The van der Waals surface area contributed by atoms with Crippen LogP contribution in [-0.2, 0) is 11.3 Å². The van der Waals surface area contributed by atoms with Crippen molar-refractivity contribution in [3.63, 3.8) is 0 Å². The SMILES string of the molecule is C[C@@H]1C[C@H](C(F)(F)F)n2nc([C@H]3CCCN3C(=O)Cn3cccn3)cc2N1. The summed E-state index contributed by atoms with van der Waals surface area (Å²) in [5.74, 6) is 0.248. The zero-order valence-electron chi connectivity index (χ0n) is 14.9. The molecule has 0 aliphatic carbocycles. The fourth-order valence-electron chi connectivity index (χ4n) is 3.94. The van der Waals surface area contributed by atoms with Crippen LogP contribution in [0.15, 0.2) is 24.5 Å². The highest BCUT2D eigenvalue weighted by Gasteiger charge is 2.46. The van der Waals surface area contributed by atoms with E-state index in [1.165, 1.54) is 0 Å². The fraction of sp³-hybridized carbons (Fsp3) is 0.588. The number of anilines is 1. The van der Waals surface area contributed by atoms with E-state index in [0.29, 0.717) is 24.5 Å². The Hall–Kier alpha value is -2.52. The van der Waals surface area contributed by atoms with Crippen LogP contribution in [0, 0.1) is 0 Å². The Balaban J connectivity index is 1.59. The Morgan fingerprint density at radius 2 is 2.22 bits per heavy atom. The molecule has 3 atom stereocenters. The van der Waals surface area contributed by atoms with Crippen LogP contribution in [-0.4, -0.2) is 49.1 Å². The third-order valence-electron chi connectivity index (χ3n) is 5.17. The molecule has 2 aliphatic heterocycles. The number of halogens is 3. The second-order valence-electron chi connectivity index (χ2n) is 7.19. The average Bonchev–Trinajstić information content (AvgIpc) is 3.32. The number of likely N-dealkylation sites (tertiary alicyclic amines) is 1. The molecular weight excluding hydrogens is 361 g/mol. The van der Waals surface area contributed by atoms with Crippen LogP contribution in [0.1, 0.15) is 44.0 Å². The lowest BCUT2D eigenvalue weighted by atomic mass is 10.1. The van der Waals surface area contributed by atoms with E-state index in [9.17, 15) is 18.0 Å². The Kier molecular flexibility index (Phi) is 4.35. The number of rotatable bonds is 3. The molecule has 1 saturated heterocycles. The van der Waals surface area contributed by atoms with Gasteiger partial charge in [-0.25, -0.2) is 4.68 Å². The first kappa shape index (κ1) is 17.9. The molecule has 0 saturated carbocycles. The molecule has 1 fully saturated rings. The normalized spacial score (nSPS) is 25.3. The number of fused-ring (bicyclic) bond motifs is 1. The van der Waals surface area contributed by atoms with Crippen LogP contribution in [0.5, 0.6) is 0 Å². The lowest BCUT2D eigenvalue weighted by Crippen LogP contribution is -2.38. The predicted molar refractivity (Wildman–Crippen MR) is 90.9 cm³/mol. The molecular formula is C17H21F3N6O. The van der Waals surface area contributed by atoms with Gasteiger partial charge in [0.05, 0.1) is 11.7 Å². The summed E-state index contributed by atoms with van der Waals surface area (Å²) in [6.07, 6.45) is 0.363. The van der Waals surface area contributed by atoms with Crippen molar-refractivity contribution in [2.45, 2.75) is 57.0 Å². The van der Waals surface area contributed by atoms with Crippen LogP contribution in [0.4, 0.5) is 19.0 Å². The largest absolute Gasteiger partial charge is 0.410 e. The number of nitrogens with one attached hydrogen (secondary N) is 1. The minimum atomic E-state index is -4.36. The molecule has 2 aromatic rings. The average molecular weight is 382 g/mol. The van der Waals surface area contributed by atoms with E-state index < -0.39 is 12.2 Å². The molecule has 0 radical (unpaired) electrons. The third kappa shape index (κ3) is 3.40. The number of hydrogen-bond acceptors (Lipinski definition) is 4. The van der Waals surface area contributed by atoms with Crippen molar-refractivity contribution in [1.29, 1.82) is 0 Å². The summed E-state index contributed by atoms with van der Waals surface area (Å²) >= 11 is 0. The van der Waals surface area contributed by atoms with Gasteiger partial charge in [-0.2, -0.15) is 23.4 Å². The smallest absolute Gasteiger partial charge is 0.368 e. The van der Waals surface area contributed by atoms with Crippen molar-refractivity contribution >= 4 is 11.7 Å². The molecule has 27 heavy (non-hydrogen) atoms. The zero-order valence-corrected chi connectivity index (χ0v) is 14.9. The summed E-state index contributed by atoms with van der Waals surface area (Å²) in [7, 11) is 0. The van der Waals surface area contributed by atoms with Crippen molar-refractivity contribution < 1.29 is 18.0 Å². The maximum Gasteiger partial charge on any atom is 0.410 e. The zero-order chi connectivity index (χ0) is 19.2. The molecule has 4 heterocycles. The second-order valence-corrected chi connectivity index (χ2v) is 7.19. The molecule has 4 rings (SSSR count). The highest BCUT2D eigenvalue weighted by Crippen LogP contribution is 2.41. The maximum absolute atomic E-state index is 13.4.